The molecule has 0 aliphatic rings. The van der Waals surface area contributed by atoms with Gasteiger partial charge in [-0.25, -0.2) is 0 Å². The molecule has 0 aromatic rings. The van der Waals surface area contributed by atoms with Gasteiger partial charge in [0.05, 0.1) is 5.60 Å². The maximum atomic E-state index is 10.6. The van der Waals surface area contributed by atoms with Gasteiger partial charge in [0.25, 0.3) is 0 Å². The third kappa shape index (κ3) is 11.8. The van der Waals surface area contributed by atoms with Crippen molar-refractivity contribution < 1.29 is 5.11 Å². The van der Waals surface area contributed by atoms with Crippen LogP contribution in [0.15, 0.2) is 0 Å². The standard InChI is InChI=1S/C19H40O/c1-5-8-10-11-12-13-14-16-19(4,20)17-18(7-3)15-9-6-2/h18,20H,5-17H2,1-4H3. The maximum absolute atomic E-state index is 10.6. The lowest BCUT2D eigenvalue weighted by atomic mass is 9.84. The van der Waals surface area contributed by atoms with Gasteiger partial charge in [0, 0.05) is 0 Å². The molecule has 2 unspecified atom stereocenters. The predicted octanol–water partition coefficient (Wildman–Crippen LogP) is 6.48. The van der Waals surface area contributed by atoms with Crippen LogP contribution < -0.4 is 0 Å². The lowest BCUT2D eigenvalue weighted by Crippen LogP contribution is -2.27. The summed E-state index contributed by atoms with van der Waals surface area (Å²) in [6.07, 6.45) is 16.4. The Morgan fingerprint density at radius 1 is 0.800 bits per heavy atom. The van der Waals surface area contributed by atoms with Crippen LogP contribution in [0, 0.1) is 5.92 Å². The van der Waals surface area contributed by atoms with E-state index < -0.39 is 5.60 Å². The molecule has 0 amide bonds. The fourth-order valence-electron chi connectivity index (χ4n) is 3.13. The molecule has 0 fully saturated rings. The summed E-state index contributed by atoms with van der Waals surface area (Å²) < 4.78 is 0. The minimum Gasteiger partial charge on any atom is -0.390 e. The molecule has 0 aromatic carbocycles. The Hall–Kier alpha value is -0.0400. The molecule has 0 saturated heterocycles. The van der Waals surface area contributed by atoms with Crippen LogP contribution >= 0.6 is 0 Å². The topological polar surface area (TPSA) is 20.2 Å². The van der Waals surface area contributed by atoms with Crippen molar-refractivity contribution in [3.8, 4) is 0 Å². The van der Waals surface area contributed by atoms with Crippen molar-refractivity contribution in [3.05, 3.63) is 0 Å². The largest absolute Gasteiger partial charge is 0.390 e. The maximum Gasteiger partial charge on any atom is 0.0622 e. The Morgan fingerprint density at radius 3 is 1.90 bits per heavy atom. The van der Waals surface area contributed by atoms with E-state index >= 15 is 0 Å². The van der Waals surface area contributed by atoms with Crippen molar-refractivity contribution in [2.75, 3.05) is 0 Å². The van der Waals surface area contributed by atoms with Crippen molar-refractivity contribution in [2.45, 2.75) is 117 Å². The van der Waals surface area contributed by atoms with Crippen LogP contribution in [0.3, 0.4) is 0 Å². The molecule has 0 bridgehead atoms. The third-order valence-electron chi connectivity index (χ3n) is 4.59. The van der Waals surface area contributed by atoms with Crippen molar-refractivity contribution in [2.24, 2.45) is 5.92 Å². The molecule has 0 aromatic heterocycles. The fourth-order valence-corrected chi connectivity index (χ4v) is 3.13. The number of aliphatic hydroxyl groups is 1. The summed E-state index contributed by atoms with van der Waals surface area (Å²) in [5, 5.41) is 10.6. The summed E-state index contributed by atoms with van der Waals surface area (Å²) in [7, 11) is 0. The van der Waals surface area contributed by atoms with Crippen LogP contribution in [0.25, 0.3) is 0 Å². The van der Waals surface area contributed by atoms with Crippen molar-refractivity contribution in [1.82, 2.24) is 0 Å². The molecule has 0 aliphatic heterocycles. The zero-order valence-corrected chi connectivity index (χ0v) is 14.7. The predicted molar refractivity (Wildman–Crippen MR) is 91.2 cm³/mol. The van der Waals surface area contributed by atoms with Crippen LogP contribution in [-0.4, -0.2) is 10.7 Å². The molecule has 122 valence electrons. The molecule has 0 spiro atoms. The Morgan fingerprint density at radius 2 is 1.35 bits per heavy atom. The minimum atomic E-state index is -0.433. The Kier molecular flexibility index (Phi) is 12.7. The average molecular weight is 285 g/mol. The molecular formula is C19H40O. The summed E-state index contributed by atoms with van der Waals surface area (Å²) in [6, 6.07) is 0. The zero-order valence-electron chi connectivity index (χ0n) is 14.7. The van der Waals surface area contributed by atoms with Crippen LogP contribution in [0.2, 0.25) is 0 Å². The SMILES string of the molecule is CCCCCCCCCC(C)(O)CC(CC)CCCC. The zero-order chi connectivity index (χ0) is 15.3. The third-order valence-corrected chi connectivity index (χ3v) is 4.59. The monoisotopic (exact) mass is 284 g/mol. The van der Waals surface area contributed by atoms with Crippen LogP contribution in [-0.2, 0) is 0 Å². The van der Waals surface area contributed by atoms with E-state index in [1.54, 1.807) is 0 Å². The van der Waals surface area contributed by atoms with Gasteiger partial charge in [-0.2, -0.15) is 0 Å². The second-order valence-electron chi connectivity index (χ2n) is 6.99. The second-order valence-corrected chi connectivity index (χ2v) is 6.99. The average Bonchev–Trinajstić information content (AvgIpc) is 2.42. The molecule has 1 N–H and O–H groups in total. The van der Waals surface area contributed by atoms with Gasteiger partial charge in [0.15, 0.2) is 0 Å². The summed E-state index contributed by atoms with van der Waals surface area (Å²) in [5.74, 6) is 0.717. The molecule has 1 nitrogen and oxygen atoms in total. The number of rotatable bonds is 14. The molecule has 0 aliphatic carbocycles. The molecular weight excluding hydrogens is 244 g/mol. The number of unbranched alkanes of at least 4 members (excludes halogenated alkanes) is 7. The molecule has 0 rings (SSSR count). The lowest BCUT2D eigenvalue weighted by molar-refractivity contribution is 0.0207. The summed E-state index contributed by atoms with van der Waals surface area (Å²) in [4.78, 5) is 0. The van der Waals surface area contributed by atoms with E-state index in [1.165, 1.54) is 70.6 Å². The van der Waals surface area contributed by atoms with Gasteiger partial charge < -0.3 is 5.11 Å². The highest BCUT2D eigenvalue weighted by atomic mass is 16.3. The Balaban J connectivity index is 3.70. The van der Waals surface area contributed by atoms with Gasteiger partial charge in [-0.3, -0.25) is 0 Å². The van der Waals surface area contributed by atoms with Crippen LogP contribution in [0.5, 0.6) is 0 Å². The molecule has 0 saturated carbocycles. The Labute approximate surface area is 128 Å². The first-order valence-corrected chi connectivity index (χ1v) is 9.28. The van der Waals surface area contributed by atoms with E-state index in [0.717, 1.165) is 18.8 Å². The summed E-state index contributed by atoms with van der Waals surface area (Å²) >= 11 is 0. The van der Waals surface area contributed by atoms with E-state index in [9.17, 15) is 5.11 Å². The molecule has 20 heavy (non-hydrogen) atoms. The lowest BCUT2D eigenvalue weighted by Gasteiger charge is -2.28. The quantitative estimate of drug-likeness (QED) is 0.362. The molecule has 1 heteroatoms. The highest BCUT2D eigenvalue weighted by Gasteiger charge is 2.23. The van der Waals surface area contributed by atoms with E-state index in [0.29, 0.717) is 0 Å². The van der Waals surface area contributed by atoms with Gasteiger partial charge in [-0.1, -0.05) is 91.4 Å². The van der Waals surface area contributed by atoms with Gasteiger partial charge in [-0.15, -0.1) is 0 Å². The van der Waals surface area contributed by atoms with E-state index in [-0.39, 0.29) is 0 Å². The number of hydrogen-bond acceptors (Lipinski definition) is 1. The Bertz CT molecular complexity index is 198. The first-order chi connectivity index (χ1) is 9.55. The fraction of sp³-hybridized carbons (Fsp3) is 1.00. The van der Waals surface area contributed by atoms with Crippen molar-refractivity contribution >= 4 is 0 Å². The van der Waals surface area contributed by atoms with Crippen LogP contribution in [0.4, 0.5) is 0 Å². The normalized spacial score (nSPS) is 16.1. The van der Waals surface area contributed by atoms with Gasteiger partial charge in [0.2, 0.25) is 0 Å². The summed E-state index contributed by atoms with van der Waals surface area (Å²) in [5.41, 5.74) is -0.433. The van der Waals surface area contributed by atoms with Gasteiger partial charge in [0.1, 0.15) is 0 Å². The van der Waals surface area contributed by atoms with E-state index in [2.05, 4.69) is 27.7 Å². The first kappa shape index (κ1) is 20.0. The van der Waals surface area contributed by atoms with E-state index in [1.807, 2.05) is 0 Å². The van der Waals surface area contributed by atoms with Crippen LogP contribution in [0.1, 0.15) is 111 Å². The van der Waals surface area contributed by atoms with E-state index in [4.69, 9.17) is 0 Å². The smallest absolute Gasteiger partial charge is 0.0622 e. The van der Waals surface area contributed by atoms with Crippen molar-refractivity contribution in [3.63, 3.8) is 0 Å². The molecule has 2 atom stereocenters. The highest BCUT2D eigenvalue weighted by molar-refractivity contribution is 4.76. The minimum absolute atomic E-state index is 0.433. The molecule has 0 radical (unpaired) electrons. The number of hydrogen-bond donors (Lipinski definition) is 1. The van der Waals surface area contributed by atoms with Gasteiger partial charge >= 0.3 is 0 Å². The highest BCUT2D eigenvalue weighted by Crippen LogP contribution is 2.28. The molecule has 0 heterocycles. The van der Waals surface area contributed by atoms with Gasteiger partial charge in [-0.05, 0) is 25.7 Å². The first-order valence-electron chi connectivity index (χ1n) is 9.28. The second kappa shape index (κ2) is 12.7. The van der Waals surface area contributed by atoms with Crippen molar-refractivity contribution in [1.29, 1.82) is 0 Å². The summed E-state index contributed by atoms with van der Waals surface area (Å²) in [6.45, 7) is 8.84.